The van der Waals surface area contributed by atoms with Crippen molar-refractivity contribution >= 4 is 22.8 Å². The summed E-state index contributed by atoms with van der Waals surface area (Å²) in [6.45, 7) is 0.766. The number of amides is 2. The summed E-state index contributed by atoms with van der Waals surface area (Å²) < 4.78 is 1.60. The highest BCUT2D eigenvalue weighted by molar-refractivity contribution is 5.90. The van der Waals surface area contributed by atoms with Crippen LogP contribution in [0.5, 0.6) is 0 Å². The van der Waals surface area contributed by atoms with Crippen molar-refractivity contribution in [1.82, 2.24) is 14.6 Å². The quantitative estimate of drug-likeness (QED) is 0.930. The molecule has 2 heterocycles. The van der Waals surface area contributed by atoms with Crippen LogP contribution in [0.3, 0.4) is 0 Å². The Morgan fingerprint density at radius 2 is 2.10 bits per heavy atom. The summed E-state index contributed by atoms with van der Waals surface area (Å²) in [5.41, 5.74) is 4.44. The Morgan fingerprint density at radius 1 is 1.24 bits per heavy atom. The van der Waals surface area contributed by atoms with Crippen LogP contribution in [0.2, 0.25) is 0 Å². The van der Waals surface area contributed by atoms with Gasteiger partial charge in [0.2, 0.25) is 5.91 Å². The number of hydrogen-bond acceptors (Lipinski definition) is 3. The van der Waals surface area contributed by atoms with Crippen molar-refractivity contribution in [2.45, 2.75) is 25.7 Å². The van der Waals surface area contributed by atoms with Crippen molar-refractivity contribution in [3.8, 4) is 0 Å². The fourth-order valence-corrected chi connectivity index (χ4v) is 2.60. The van der Waals surface area contributed by atoms with Gasteiger partial charge in [-0.05, 0) is 25.0 Å². The van der Waals surface area contributed by atoms with E-state index in [0.717, 1.165) is 30.3 Å². The molecule has 0 atom stereocenters. The Morgan fingerprint density at radius 3 is 3.00 bits per heavy atom. The Labute approximate surface area is 122 Å². The average molecular weight is 286 g/mol. The zero-order valence-electron chi connectivity index (χ0n) is 11.8. The second kappa shape index (κ2) is 5.95. The van der Waals surface area contributed by atoms with Crippen molar-refractivity contribution in [2.24, 2.45) is 0 Å². The van der Waals surface area contributed by atoms with Gasteiger partial charge in [-0.2, -0.15) is 0 Å². The summed E-state index contributed by atoms with van der Waals surface area (Å²) in [6.07, 6.45) is 5.06. The SMILES string of the molecule is O=C(CN1CCCCCC1=O)Nn1cnc2ccccc21. The van der Waals surface area contributed by atoms with Crippen LogP contribution in [-0.4, -0.2) is 39.5 Å². The maximum Gasteiger partial charge on any atom is 0.258 e. The number of fused-ring (bicyclic) bond motifs is 1. The molecule has 1 aromatic heterocycles. The lowest BCUT2D eigenvalue weighted by Crippen LogP contribution is -2.39. The molecule has 2 amide bonds. The Bertz CT molecular complexity index is 664. The molecule has 110 valence electrons. The summed E-state index contributed by atoms with van der Waals surface area (Å²) in [4.78, 5) is 29.9. The lowest BCUT2D eigenvalue weighted by Gasteiger charge is -2.20. The van der Waals surface area contributed by atoms with Crippen LogP contribution < -0.4 is 5.43 Å². The zero-order chi connectivity index (χ0) is 14.7. The van der Waals surface area contributed by atoms with Gasteiger partial charge in [0.1, 0.15) is 12.9 Å². The van der Waals surface area contributed by atoms with Gasteiger partial charge in [0, 0.05) is 13.0 Å². The van der Waals surface area contributed by atoms with Crippen LogP contribution in [-0.2, 0) is 9.59 Å². The van der Waals surface area contributed by atoms with Crippen molar-refractivity contribution in [3.63, 3.8) is 0 Å². The third kappa shape index (κ3) is 3.04. The number of carbonyl (C=O) groups is 2. The highest BCUT2D eigenvalue weighted by Gasteiger charge is 2.19. The molecule has 6 nitrogen and oxygen atoms in total. The average Bonchev–Trinajstić information content (AvgIpc) is 2.77. The topological polar surface area (TPSA) is 67.2 Å². The van der Waals surface area contributed by atoms with E-state index in [9.17, 15) is 9.59 Å². The Hall–Kier alpha value is -2.37. The molecule has 1 saturated heterocycles. The minimum absolute atomic E-state index is 0.0677. The maximum absolute atomic E-state index is 12.1. The molecule has 0 spiro atoms. The van der Waals surface area contributed by atoms with Gasteiger partial charge in [-0.3, -0.25) is 15.0 Å². The molecule has 1 aliphatic heterocycles. The van der Waals surface area contributed by atoms with Crippen LogP contribution in [0.25, 0.3) is 11.0 Å². The molecular weight excluding hydrogens is 268 g/mol. The molecule has 0 bridgehead atoms. The van der Waals surface area contributed by atoms with Crippen LogP contribution in [0.4, 0.5) is 0 Å². The summed E-state index contributed by atoms with van der Waals surface area (Å²) in [7, 11) is 0. The molecule has 0 radical (unpaired) electrons. The number of nitrogens with zero attached hydrogens (tertiary/aromatic N) is 3. The molecule has 1 fully saturated rings. The predicted molar refractivity (Wildman–Crippen MR) is 79.1 cm³/mol. The summed E-state index contributed by atoms with van der Waals surface area (Å²) in [6, 6.07) is 7.57. The molecule has 21 heavy (non-hydrogen) atoms. The predicted octanol–water partition coefficient (Wildman–Crippen LogP) is 1.51. The van der Waals surface area contributed by atoms with E-state index < -0.39 is 0 Å². The molecule has 0 aliphatic carbocycles. The largest absolute Gasteiger partial charge is 0.333 e. The number of likely N-dealkylation sites (tertiary alicyclic amines) is 1. The van der Waals surface area contributed by atoms with Crippen LogP contribution in [0.1, 0.15) is 25.7 Å². The highest BCUT2D eigenvalue weighted by atomic mass is 16.2. The molecule has 0 unspecified atom stereocenters. The van der Waals surface area contributed by atoms with Crippen LogP contribution in [0.15, 0.2) is 30.6 Å². The first-order chi connectivity index (χ1) is 10.2. The van der Waals surface area contributed by atoms with E-state index in [0.29, 0.717) is 13.0 Å². The summed E-state index contributed by atoms with van der Waals surface area (Å²) in [5.74, 6) is -0.133. The van der Waals surface area contributed by atoms with Gasteiger partial charge >= 0.3 is 0 Å². The summed E-state index contributed by atoms with van der Waals surface area (Å²) >= 11 is 0. The number of benzene rings is 1. The van der Waals surface area contributed by atoms with E-state index in [2.05, 4.69) is 10.4 Å². The van der Waals surface area contributed by atoms with E-state index in [1.54, 1.807) is 15.9 Å². The van der Waals surface area contributed by atoms with Gasteiger partial charge in [-0.25, -0.2) is 9.66 Å². The van der Waals surface area contributed by atoms with Gasteiger partial charge in [0.05, 0.1) is 11.0 Å². The smallest absolute Gasteiger partial charge is 0.258 e. The minimum atomic E-state index is -0.201. The molecule has 1 aliphatic rings. The first-order valence-corrected chi connectivity index (χ1v) is 7.24. The molecule has 3 rings (SSSR count). The molecule has 1 aromatic carbocycles. The van der Waals surface area contributed by atoms with Gasteiger partial charge in [-0.15, -0.1) is 0 Å². The van der Waals surface area contributed by atoms with Gasteiger partial charge in [-0.1, -0.05) is 18.6 Å². The van der Waals surface area contributed by atoms with E-state index in [4.69, 9.17) is 0 Å². The number of rotatable bonds is 3. The minimum Gasteiger partial charge on any atom is -0.333 e. The number of para-hydroxylation sites is 2. The third-order valence-corrected chi connectivity index (χ3v) is 3.70. The van der Waals surface area contributed by atoms with Crippen molar-refractivity contribution in [1.29, 1.82) is 0 Å². The van der Waals surface area contributed by atoms with Crippen LogP contribution in [0, 0.1) is 0 Å². The standard InChI is InChI=1S/C15H18N4O2/c20-14(10-18-9-5-1-2-8-15(18)21)17-19-11-16-12-6-3-4-7-13(12)19/h3-4,6-7,11H,1-2,5,8-10H2,(H,17,20). The number of carbonyl (C=O) groups excluding carboxylic acids is 2. The van der Waals surface area contributed by atoms with Crippen LogP contribution >= 0.6 is 0 Å². The lowest BCUT2D eigenvalue weighted by molar-refractivity contribution is -0.134. The number of nitrogens with one attached hydrogen (secondary N) is 1. The third-order valence-electron chi connectivity index (χ3n) is 3.70. The van der Waals surface area contributed by atoms with Gasteiger partial charge < -0.3 is 4.90 Å². The van der Waals surface area contributed by atoms with Crippen molar-refractivity contribution in [3.05, 3.63) is 30.6 Å². The van der Waals surface area contributed by atoms with E-state index in [1.807, 2.05) is 24.3 Å². The van der Waals surface area contributed by atoms with Gasteiger partial charge in [0.15, 0.2) is 0 Å². The molecule has 6 heteroatoms. The second-order valence-electron chi connectivity index (χ2n) is 5.26. The fraction of sp³-hybridized carbons (Fsp3) is 0.400. The molecule has 2 aromatic rings. The molecule has 1 N–H and O–H groups in total. The first kappa shape index (κ1) is 13.6. The van der Waals surface area contributed by atoms with E-state index in [-0.39, 0.29) is 18.4 Å². The van der Waals surface area contributed by atoms with Crippen molar-refractivity contribution in [2.75, 3.05) is 18.5 Å². The fourth-order valence-electron chi connectivity index (χ4n) is 2.60. The Balaban J connectivity index is 1.67. The Kier molecular flexibility index (Phi) is 3.85. The molecular formula is C15H18N4O2. The van der Waals surface area contributed by atoms with Gasteiger partial charge in [0.25, 0.3) is 5.91 Å². The summed E-state index contributed by atoms with van der Waals surface area (Å²) in [5, 5.41) is 0. The monoisotopic (exact) mass is 286 g/mol. The highest BCUT2D eigenvalue weighted by Crippen LogP contribution is 2.12. The van der Waals surface area contributed by atoms with Crippen molar-refractivity contribution < 1.29 is 9.59 Å². The lowest BCUT2D eigenvalue weighted by atomic mass is 10.2. The number of aromatic nitrogens is 2. The maximum atomic E-state index is 12.1. The first-order valence-electron chi connectivity index (χ1n) is 7.24. The van der Waals surface area contributed by atoms with E-state index in [1.165, 1.54) is 0 Å². The second-order valence-corrected chi connectivity index (χ2v) is 5.26. The van der Waals surface area contributed by atoms with E-state index >= 15 is 0 Å². The number of hydrogen-bond donors (Lipinski definition) is 1. The zero-order valence-corrected chi connectivity index (χ0v) is 11.8. The number of imidazole rings is 1. The normalized spacial score (nSPS) is 16.0. The molecule has 0 saturated carbocycles.